The Hall–Kier alpha value is -0.660. The van der Waals surface area contributed by atoms with Gasteiger partial charge in [0.1, 0.15) is 0 Å². The Morgan fingerprint density at radius 1 is 1.73 bits per heavy atom. The third-order valence-corrected chi connectivity index (χ3v) is 2.01. The summed E-state index contributed by atoms with van der Waals surface area (Å²) in [6, 6.07) is 0. The highest BCUT2D eigenvalue weighted by Gasteiger charge is 2.17. The van der Waals surface area contributed by atoms with E-state index >= 15 is 0 Å². The van der Waals surface area contributed by atoms with E-state index in [1.807, 2.05) is 6.21 Å². The van der Waals surface area contributed by atoms with Crippen molar-refractivity contribution in [3.63, 3.8) is 0 Å². The van der Waals surface area contributed by atoms with Gasteiger partial charge in [-0.3, -0.25) is 4.99 Å². The molecular weight excluding hydrogens is 136 g/mol. The van der Waals surface area contributed by atoms with Gasteiger partial charge in [0, 0.05) is 30.8 Å². The first kappa shape index (κ1) is 8.44. The van der Waals surface area contributed by atoms with Crippen molar-refractivity contribution in [2.24, 2.45) is 16.8 Å². The Labute approximate surface area is 68.2 Å². The molecule has 11 heavy (non-hydrogen) atoms. The van der Waals surface area contributed by atoms with E-state index in [2.05, 4.69) is 18.8 Å². The van der Waals surface area contributed by atoms with E-state index in [9.17, 15) is 0 Å². The minimum absolute atomic E-state index is 0.431. The van der Waals surface area contributed by atoms with Crippen LogP contribution in [-0.2, 0) is 0 Å². The molecule has 2 heteroatoms. The third kappa shape index (κ3) is 2.45. The Balaban J connectivity index is 2.44. The molecule has 0 aromatic heterocycles. The number of nitrogens with zero attached hydrogens (tertiary/aromatic N) is 1. The molecule has 2 nitrogen and oxygen atoms in total. The molecule has 1 heterocycles. The van der Waals surface area contributed by atoms with Crippen LogP contribution in [0.2, 0.25) is 0 Å². The van der Waals surface area contributed by atoms with Gasteiger partial charge in [-0.15, -0.1) is 0 Å². The van der Waals surface area contributed by atoms with Crippen LogP contribution in [-0.4, -0.2) is 18.5 Å². The molecule has 0 aromatic carbocycles. The molecule has 1 aliphatic heterocycles. The van der Waals surface area contributed by atoms with Crippen molar-refractivity contribution in [1.29, 1.82) is 5.41 Å². The average Bonchev–Trinajstić information content (AvgIpc) is 1.93. The molecule has 1 unspecified atom stereocenters. The molecule has 1 aliphatic rings. The van der Waals surface area contributed by atoms with Crippen LogP contribution in [0.1, 0.15) is 26.7 Å². The summed E-state index contributed by atoms with van der Waals surface area (Å²) in [5.41, 5.74) is 0.869. The monoisotopic (exact) mass is 152 g/mol. The number of aliphatic imine (C=N–C) groups is 1. The molecule has 0 amide bonds. The molecule has 0 saturated carbocycles. The summed E-state index contributed by atoms with van der Waals surface area (Å²) in [6.07, 6.45) is 3.76. The molecule has 0 bridgehead atoms. The van der Waals surface area contributed by atoms with Gasteiger partial charge in [-0.1, -0.05) is 13.8 Å². The van der Waals surface area contributed by atoms with E-state index in [-0.39, 0.29) is 0 Å². The standard InChI is InChI=1S/C9H16N2/c1-7(2)5-8-6-11-4-3-9(8)10/h4,7-8,10H,3,5-6H2,1-2H3. The van der Waals surface area contributed by atoms with E-state index in [4.69, 9.17) is 5.41 Å². The summed E-state index contributed by atoms with van der Waals surface area (Å²) >= 11 is 0. The van der Waals surface area contributed by atoms with Gasteiger partial charge in [0.05, 0.1) is 0 Å². The van der Waals surface area contributed by atoms with Crippen LogP contribution in [0.25, 0.3) is 0 Å². The van der Waals surface area contributed by atoms with E-state index < -0.39 is 0 Å². The minimum Gasteiger partial charge on any atom is -0.309 e. The van der Waals surface area contributed by atoms with E-state index in [0.717, 1.165) is 25.1 Å². The highest BCUT2D eigenvalue weighted by Crippen LogP contribution is 2.16. The highest BCUT2D eigenvalue weighted by atomic mass is 14.7. The van der Waals surface area contributed by atoms with Crippen molar-refractivity contribution >= 4 is 11.9 Å². The highest BCUT2D eigenvalue weighted by molar-refractivity contribution is 5.96. The molecule has 1 rings (SSSR count). The number of nitrogens with one attached hydrogen (secondary N) is 1. The maximum absolute atomic E-state index is 7.65. The van der Waals surface area contributed by atoms with Crippen LogP contribution in [0.5, 0.6) is 0 Å². The molecule has 0 spiro atoms. The molecule has 62 valence electrons. The number of rotatable bonds is 2. The van der Waals surface area contributed by atoms with E-state index in [1.54, 1.807) is 0 Å². The maximum Gasteiger partial charge on any atom is 0.0466 e. The Bertz CT molecular complexity index is 170. The van der Waals surface area contributed by atoms with Gasteiger partial charge in [-0.2, -0.15) is 0 Å². The summed E-state index contributed by atoms with van der Waals surface area (Å²) in [5.74, 6) is 1.12. The normalized spacial score (nSPS) is 24.6. The van der Waals surface area contributed by atoms with Crippen LogP contribution in [0.3, 0.4) is 0 Å². The van der Waals surface area contributed by atoms with Crippen molar-refractivity contribution in [2.75, 3.05) is 6.54 Å². The van der Waals surface area contributed by atoms with Gasteiger partial charge in [-0.25, -0.2) is 0 Å². The molecule has 0 radical (unpaired) electrons. The Morgan fingerprint density at radius 2 is 2.45 bits per heavy atom. The van der Waals surface area contributed by atoms with Crippen molar-refractivity contribution in [1.82, 2.24) is 0 Å². The molecule has 0 aromatic rings. The largest absolute Gasteiger partial charge is 0.309 e. The smallest absolute Gasteiger partial charge is 0.0466 e. The summed E-state index contributed by atoms with van der Waals surface area (Å²) in [7, 11) is 0. The van der Waals surface area contributed by atoms with E-state index in [0.29, 0.717) is 11.8 Å². The minimum atomic E-state index is 0.431. The SMILES string of the molecule is CC(C)CC1CN=CCC1=N. The average molecular weight is 152 g/mol. The maximum atomic E-state index is 7.65. The summed E-state index contributed by atoms with van der Waals surface area (Å²) in [6.45, 7) is 5.24. The summed E-state index contributed by atoms with van der Waals surface area (Å²) in [5, 5.41) is 7.65. The van der Waals surface area contributed by atoms with Gasteiger partial charge < -0.3 is 5.41 Å². The fourth-order valence-corrected chi connectivity index (χ4v) is 1.43. The first-order chi connectivity index (χ1) is 5.20. The second kappa shape index (κ2) is 3.65. The topological polar surface area (TPSA) is 36.2 Å². The Morgan fingerprint density at radius 3 is 3.00 bits per heavy atom. The zero-order chi connectivity index (χ0) is 8.27. The fraction of sp³-hybridized carbons (Fsp3) is 0.778. The molecule has 0 aliphatic carbocycles. The number of hydrogen-bond donors (Lipinski definition) is 1. The van der Waals surface area contributed by atoms with Crippen molar-refractivity contribution < 1.29 is 0 Å². The fourth-order valence-electron chi connectivity index (χ4n) is 1.43. The lowest BCUT2D eigenvalue weighted by Crippen LogP contribution is -2.22. The van der Waals surface area contributed by atoms with Crippen LogP contribution >= 0.6 is 0 Å². The zero-order valence-electron chi connectivity index (χ0n) is 7.30. The van der Waals surface area contributed by atoms with Gasteiger partial charge >= 0.3 is 0 Å². The van der Waals surface area contributed by atoms with Gasteiger partial charge in [0.25, 0.3) is 0 Å². The second-order valence-electron chi connectivity index (χ2n) is 3.60. The predicted octanol–water partition coefficient (Wildman–Crippen LogP) is 2.14. The first-order valence-electron chi connectivity index (χ1n) is 4.25. The lowest BCUT2D eigenvalue weighted by Gasteiger charge is -2.19. The lowest BCUT2D eigenvalue weighted by atomic mass is 9.90. The third-order valence-electron chi connectivity index (χ3n) is 2.01. The molecule has 0 saturated heterocycles. The molecule has 1 N–H and O–H groups in total. The van der Waals surface area contributed by atoms with Crippen molar-refractivity contribution in [3.05, 3.63) is 0 Å². The van der Waals surface area contributed by atoms with Gasteiger partial charge in [0.2, 0.25) is 0 Å². The van der Waals surface area contributed by atoms with Crippen LogP contribution < -0.4 is 0 Å². The zero-order valence-corrected chi connectivity index (χ0v) is 7.30. The predicted molar refractivity (Wildman–Crippen MR) is 48.6 cm³/mol. The summed E-state index contributed by atoms with van der Waals surface area (Å²) < 4.78 is 0. The van der Waals surface area contributed by atoms with Crippen LogP contribution in [0.15, 0.2) is 4.99 Å². The molecule has 1 atom stereocenters. The van der Waals surface area contributed by atoms with E-state index in [1.165, 1.54) is 0 Å². The van der Waals surface area contributed by atoms with Crippen molar-refractivity contribution in [2.45, 2.75) is 26.7 Å². The Kier molecular flexibility index (Phi) is 2.80. The quantitative estimate of drug-likeness (QED) is 0.629. The molecule has 0 fully saturated rings. The second-order valence-corrected chi connectivity index (χ2v) is 3.60. The first-order valence-corrected chi connectivity index (χ1v) is 4.25. The van der Waals surface area contributed by atoms with Gasteiger partial charge in [-0.05, 0) is 12.3 Å². The van der Waals surface area contributed by atoms with Crippen LogP contribution in [0, 0.1) is 17.2 Å². The van der Waals surface area contributed by atoms with Gasteiger partial charge in [0.15, 0.2) is 0 Å². The van der Waals surface area contributed by atoms with Crippen molar-refractivity contribution in [3.8, 4) is 0 Å². The summed E-state index contributed by atoms with van der Waals surface area (Å²) in [4.78, 5) is 4.20. The van der Waals surface area contributed by atoms with Crippen LogP contribution in [0.4, 0.5) is 0 Å². The number of hydrogen-bond acceptors (Lipinski definition) is 2. The lowest BCUT2D eigenvalue weighted by molar-refractivity contribution is 0.495. The molecular formula is C9H16N2.